The highest BCUT2D eigenvalue weighted by Gasteiger charge is 2.09. The molecule has 2 rings (SSSR count). The lowest BCUT2D eigenvalue weighted by atomic mass is 10.1. The minimum absolute atomic E-state index is 0.138. The molecular weight excluding hydrogens is 260 g/mol. The minimum Gasteiger partial charge on any atom is -0.352 e. The molecule has 1 aromatic heterocycles. The molecule has 0 saturated heterocycles. The number of amides is 1. The number of carbonyl (C=O) groups is 1. The second kappa shape index (κ2) is 6.31. The van der Waals surface area contributed by atoms with E-state index in [1.54, 1.807) is 29.5 Å². The van der Waals surface area contributed by atoms with Crippen LogP contribution in [0.25, 0.3) is 0 Å². The summed E-state index contributed by atoms with van der Waals surface area (Å²) in [5.41, 5.74) is 4.68. The van der Waals surface area contributed by atoms with E-state index in [4.69, 9.17) is 5.84 Å². The number of carbonyl (C=O) groups excluding carboxylic acids is 1. The summed E-state index contributed by atoms with van der Waals surface area (Å²) in [5.74, 6) is 5.23. The molecule has 1 aromatic carbocycles. The van der Waals surface area contributed by atoms with Crippen molar-refractivity contribution in [1.29, 1.82) is 0 Å². The number of nitrogens with two attached hydrogens (primary N) is 1. The van der Waals surface area contributed by atoms with Crippen LogP contribution in [-0.2, 0) is 6.42 Å². The standard InChI is InChI=1S/C13H16N4OS/c1-9-16-10(8-19-9)6-7-15-13(18)11-4-2-3-5-12(11)17-14/h2-5,8,17H,6-7,14H2,1H3,(H,15,18). The van der Waals surface area contributed by atoms with E-state index in [-0.39, 0.29) is 5.91 Å². The SMILES string of the molecule is Cc1nc(CCNC(=O)c2ccccc2NN)cs1. The number of nitrogen functional groups attached to an aromatic ring is 1. The van der Waals surface area contributed by atoms with E-state index < -0.39 is 0 Å². The molecular formula is C13H16N4OS. The number of rotatable bonds is 5. The Hall–Kier alpha value is -1.92. The molecule has 0 saturated carbocycles. The highest BCUT2D eigenvalue weighted by molar-refractivity contribution is 7.09. The van der Waals surface area contributed by atoms with Crippen LogP contribution in [0.15, 0.2) is 29.6 Å². The first-order chi connectivity index (χ1) is 9.20. The van der Waals surface area contributed by atoms with Crippen LogP contribution in [0.4, 0.5) is 5.69 Å². The molecule has 0 radical (unpaired) electrons. The molecule has 2 aromatic rings. The van der Waals surface area contributed by atoms with Gasteiger partial charge in [0.1, 0.15) is 0 Å². The van der Waals surface area contributed by atoms with Gasteiger partial charge in [-0.1, -0.05) is 12.1 Å². The first-order valence-electron chi connectivity index (χ1n) is 5.95. The van der Waals surface area contributed by atoms with Gasteiger partial charge in [0.25, 0.3) is 5.91 Å². The zero-order valence-electron chi connectivity index (χ0n) is 10.6. The van der Waals surface area contributed by atoms with E-state index in [1.165, 1.54) is 0 Å². The lowest BCUT2D eigenvalue weighted by molar-refractivity contribution is 0.0955. The van der Waals surface area contributed by atoms with Gasteiger partial charge >= 0.3 is 0 Å². The summed E-state index contributed by atoms with van der Waals surface area (Å²) in [5, 5.41) is 5.91. The first kappa shape index (κ1) is 13.5. The normalized spacial score (nSPS) is 10.2. The van der Waals surface area contributed by atoms with Crippen molar-refractivity contribution in [2.45, 2.75) is 13.3 Å². The van der Waals surface area contributed by atoms with Gasteiger partial charge in [0, 0.05) is 18.3 Å². The van der Waals surface area contributed by atoms with E-state index in [1.807, 2.05) is 18.4 Å². The molecule has 0 aliphatic carbocycles. The van der Waals surface area contributed by atoms with E-state index >= 15 is 0 Å². The van der Waals surface area contributed by atoms with Crippen molar-refractivity contribution >= 4 is 22.9 Å². The fraction of sp³-hybridized carbons (Fsp3) is 0.231. The number of hydrogen-bond acceptors (Lipinski definition) is 5. The van der Waals surface area contributed by atoms with Crippen molar-refractivity contribution in [2.24, 2.45) is 5.84 Å². The highest BCUT2D eigenvalue weighted by Crippen LogP contribution is 2.13. The van der Waals surface area contributed by atoms with Gasteiger partial charge in [0.2, 0.25) is 0 Å². The topological polar surface area (TPSA) is 80.0 Å². The lowest BCUT2D eigenvalue weighted by Gasteiger charge is -2.08. The summed E-state index contributed by atoms with van der Waals surface area (Å²) >= 11 is 1.62. The quantitative estimate of drug-likeness (QED) is 0.573. The number of anilines is 1. The fourth-order valence-electron chi connectivity index (χ4n) is 1.73. The maximum atomic E-state index is 12.0. The molecule has 0 unspecified atom stereocenters. The Balaban J connectivity index is 1.90. The van der Waals surface area contributed by atoms with Crippen LogP contribution in [0, 0.1) is 6.92 Å². The molecule has 0 bridgehead atoms. The predicted molar refractivity (Wildman–Crippen MR) is 77.1 cm³/mol. The maximum Gasteiger partial charge on any atom is 0.253 e. The zero-order chi connectivity index (χ0) is 13.7. The largest absolute Gasteiger partial charge is 0.352 e. The van der Waals surface area contributed by atoms with E-state index in [9.17, 15) is 4.79 Å². The first-order valence-corrected chi connectivity index (χ1v) is 6.83. The monoisotopic (exact) mass is 276 g/mol. The van der Waals surface area contributed by atoms with Gasteiger partial charge in [-0.3, -0.25) is 10.6 Å². The molecule has 0 atom stereocenters. The average Bonchev–Trinajstić information content (AvgIpc) is 2.84. The summed E-state index contributed by atoms with van der Waals surface area (Å²) in [6.07, 6.45) is 0.730. The summed E-state index contributed by atoms with van der Waals surface area (Å²) in [6, 6.07) is 7.12. The number of aromatic nitrogens is 1. The van der Waals surface area contributed by atoms with Gasteiger partial charge in [-0.15, -0.1) is 11.3 Å². The molecule has 0 fully saturated rings. The molecule has 5 nitrogen and oxygen atoms in total. The second-order valence-corrected chi connectivity index (χ2v) is 5.12. The molecule has 0 aliphatic heterocycles. The highest BCUT2D eigenvalue weighted by atomic mass is 32.1. The number of para-hydroxylation sites is 1. The molecule has 6 heteroatoms. The second-order valence-electron chi connectivity index (χ2n) is 4.05. The molecule has 0 spiro atoms. The Morgan fingerprint density at radius 2 is 2.21 bits per heavy atom. The van der Waals surface area contributed by atoms with Crippen molar-refractivity contribution in [3.63, 3.8) is 0 Å². The fourth-order valence-corrected chi connectivity index (χ4v) is 2.38. The van der Waals surface area contributed by atoms with Crippen LogP contribution in [0.1, 0.15) is 21.1 Å². The Morgan fingerprint density at radius 3 is 2.89 bits per heavy atom. The summed E-state index contributed by atoms with van der Waals surface area (Å²) in [6.45, 7) is 2.52. The third-order valence-corrected chi connectivity index (χ3v) is 3.48. The van der Waals surface area contributed by atoms with Crippen LogP contribution < -0.4 is 16.6 Å². The number of hydrazine groups is 1. The number of nitrogens with one attached hydrogen (secondary N) is 2. The van der Waals surface area contributed by atoms with Gasteiger partial charge in [-0.25, -0.2) is 4.98 Å². The zero-order valence-corrected chi connectivity index (χ0v) is 11.5. The summed E-state index contributed by atoms with van der Waals surface area (Å²) in [4.78, 5) is 16.3. The minimum atomic E-state index is -0.138. The van der Waals surface area contributed by atoms with Crippen LogP contribution in [-0.4, -0.2) is 17.4 Å². The number of nitrogens with zero attached hydrogens (tertiary/aromatic N) is 1. The van der Waals surface area contributed by atoms with Gasteiger partial charge in [0.15, 0.2) is 0 Å². The van der Waals surface area contributed by atoms with Crippen molar-refractivity contribution in [3.05, 3.63) is 45.9 Å². The van der Waals surface area contributed by atoms with Crippen molar-refractivity contribution in [3.8, 4) is 0 Å². The maximum absolute atomic E-state index is 12.0. The lowest BCUT2D eigenvalue weighted by Crippen LogP contribution is -2.27. The van der Waals surface area contributed by atoms with Crippen LogP contribution >= 0.6 is 11.3 Å². The number of hydrogen-bond donors (Lipinski definition) is 3. The van der Waals surface area contributed by atoms with Crippen molar-refractivity contribution < 1.29 is 4.79 Å². The number of aryl methyl sites for hydroxylation is 1. The molecule has 1 amide bonds. The van der Waals surface area contributed by atoms with Gasteiger partial charge in [-0.05, 0) is 19.1 Å². The summed E-state index contributed by atoms with van der Waals surface area (Å²) in [7, 11) is 0. The Labute approximate surface area is 115 Å². The molecule has 100 valence electrons. The van der Waals surface area contributed by atoms with Gasteiger partial charge in [-0.2, -0.15) is 0 Å². The Kier molecular flexibility index (Phi) is 4.48. The van der Waals surface area contributed by atoms with Crippen LogP contribution in [0.2, 0.25) is 0 Å². The van der Waals surface area contributed by atoms with E-state index in [2.05, 4.69) is 15.7 Å². The van der Waals surface area contributed by atoms with Crippen LogP contribution in [0.3, 0.4) is 0 Å². The molecule has 4 N–H and O–H groups in total. The number of benzene rings is 1. The number of thiazole rings is 1. The summed E-state index contributed by atoms with van der Waals surface area (Å²) < 4.78 is 0. The van der Waals surface area contributed by atoms with E-state index in [0.29, 0.717) is 17.8 Å². The predicted octanol–water partition coefficient (Wildman–Crippen LogP) is 1.71. The Bertz CT molecular complexity index is 567. The van der Waals surface area contributed by atoms with E-state index in [0.717, 1.165) is 17.1 Å². The third-order valence-electron chi connectivity index (χ3n) is 2.66. The van der Waals surface area contributed by atoms with Crippen molar-refractivity contribution in [1.82, 2.24) is 10.3 Å². The molecule has 19 heavy (non-hydrogen) atoms. The van der Waals surface area contributed by atoms with Gasteiger partial charge in [0.05, 0.1) is 22.0 Å². The Morgan fingerprint density at radius 1 is 1.42 bits per heavy atom. The van der Waals surface area contributed by atoms with Crippen molar-refractivity contribution in [2.75, 3.05) is 12.0 Å². The smallest absolute Gasteiger partial charge is 0.253 e. The van der Waals surface area contributed by atoms with Crippen LogP contribution in [0.5, 0.6) is 0 Å². The molecule has 1 heterocycles. The van der Waals surface area contributed by atoms with Gasteiger partial charge < -0.3 is 10.7 Å². The third kappa shape index (κ3) is 3.52. The average molecular weight is 276 g/mol. The molecule has 0 aliphatic rings.